The Morgan fingerprint density at radius 3 is 3.05 bits per heavy atom. The molecule has 0 radical (unpaired) electrons. The fraction of sp³-hybridized carbons (Fsp3) is 0.600. The number of rotatable bonds is 4. The number of hydrogen-bond acceptors (Lipinski definition) is 4. The van der Waals surface area contributed by atoms with Crippen LogP contribution < -0.4 is 11.1 Å². The highest BCUT2D eigenvalue weighted by Crippen LogP contribution is 2.25. The fourth-order valence-corrected chi connectivity index (χ4v) is 2.85. The number of aromatic nitrogens is 3. The monoisotopic (exact) mass is 273 g/mol. The maximum atomic E-state index is 6.00. The molecule has 20 heavy (non-hydrogen) atoms. The van der Waals surface area contributed by atoms with Crippen molar-refractivity contribution in [3.63, 3.8) is 0 Å². The minimum absolute atomic E-state index is 0.330. The van der Waals surface area contributed by atoms with Crippen molar-refractivity contribution in [3.8, 4) is 0 Å². The molecule has 1 aliphatic carbocycles. The van der Waals surface area contributed by atoms with Gasteiger partial charge in [-0.1, -0.05) is 13.8 Å². The Labute approximate surface area is 119 Å². The minimum Gasteiger partial charge on any atom is -0.367 e. The Kier molecular flexibility index (Phi) is 3.61. The van der Waals surface area contributed by atoms with E-state index < -0.39 is 0 Å². The summed E-state index contributed by atoms with van der Waals surface area (Å²) in [6.07, 6.45) is 6.15. The molecule has 0 saturated heterocycles. The van der Waals surface area contributed by atoms with E-state index in [0.717, 1.165) is 42.8 Å². The lowest BCUT2D eigenvalue weighted by Gasteiger charge is -2.17. The van der Waals surface area contributed by atoms with E-state index >= 15 is 0 Å². The third kappa shape index (κ3) is 2.50. The molecule has 5 heteroatoms. The molecule has 1 saturated carbocycles. The molecule has 0 spiro atoms. The summed E-state index contributed by atoms with van der Waals surface area (Å²) in [5.41, 5.74) is 8.04. The van der Waals surface area contributed by atoms with Gasteiger partial charge in [0.25, 0.3) is 0 Å². The van der Waals surface area contributed by atoms with Crippen molar-refractivity contribution in [1.29, 1.82) is 0 Å². The lowest BCUT2D eigenvalue weighted by atomic mass is 10.0. The average Bonchev–Trinajstić information content (AvgIpc) is 3.06. The smallest absolute Gasteiger partial charge is 0.157 e. The third-order valence-electron chi connectivity index (χ3n) is 4.32. The first-order valence-corrected chi connectivity index (χ1v) is 7.54. The van der Waals surface area contributed by atoms with Gasteiger partial charge in [-0.25, -0.2) is 4.98 Å². The summed E-state index contributed by atoms with van der Waals surface area (Å²) in [6, 6.07) is 4.87. The Morgan fingerprint density at radius 2 is 2.35 bits per heavy atom. The molecule has 2 aromatic heterocycles. The Balaban J connectivity index is 1.93. The van der Waals surface area contributed by atoms with Crippen LogP contribution in [0, 0.1) is 0 Å². The zero-order chi connectivity index (χ0) is 14.1. The molecule has 3 atom stereocenters. The van der Waals surface area contributed by atoms with E-state index in [-0.39, 0.29) is 0 Å². The minimum atomic E-state index is 0.330. The Morgan fingerprint density at radius 1 is 1.50 bits per heavy atom. The van der Waals surface area contributed by atoms with Gasteiger partial charge in [-0.2, -0.15) is 9.61 Å². The summed E-state index contributed by atoms with van der Waals surface area (Å²) in [5, 5.41) is 7.97. The van der Waals surface area contributed by atoms with Crippen LogP contribution in [0.15, 0.2) is 18.3 Å². The molecule has 1 aliphatic rings. The van der Waals surface area contributed by atoms with E-state index in [4.69, 9.17) is 10.7 Å². The van der Waals surface area contributed by atoms with Crippen molar-refractivity contribution in [2.45, 2.75) is 57.5 Å². The molecule has 2 aromatic rings. The molecule has 5 nitrogen and oxygen atoms in total. The van der Waals surface area contributed by atoms with Crippen LogP contribution >= 0.6 is 0 Å². The van der Waals surface area contributed by atoms with Crippen LogP contribution in [0.4, 0.5) is 5.82 Å². The summed E-state index contributed by atoms with van der Waals surface area (Å²) in [5.74, 6) is 1.50. The van der Waals surface area contributed by atoms with Crippen LogP contribution in [0.5, 0.6) is 0 Å². The van der Waals surface area contributed by atoms with Crippen molar-refractivity contribution in [2.24, 2.45) is 5.73 Å². The molecule has 108 valence electrons. The first-order valence-electron chi connectivity index (χ1n) is 7.54. The highest BCUT2D eigenvalue weighted by Gasteiger charge is 2.22. The van der Waals surface area contributed by atoms with Crippen LogP contribution in [0.25, 0.3) is 5.65 Å². The number of nitrogens with one attached hydrogen (secondary N) is 1. The van der Waals surface area contributed by atoms with Gasteiger partial charge in [0.2, 0.25) is 0 Å². The highest BCUT2D eigenvalue weighted by molar-refractivity contribution is 5.50. The van der Waals surface area contributed by atoms with Gasteiger partial charge in [0.15, 0.2) is 5.65 Å². The van der Waals surface area contributed by atoms with Crippen LogP contribution in [-0.4, -0.2) is 26.7 Å². The number of fused-ring (bicyclic) bond motifs is 1. The molecule has 0 aliphatic heterocycles. The van der Waals surface area contributed by atoms with Gasteiger partial charge in [0.1, 0.15) is 5.82 Å². The lowest BCUT2D eigenvalue weighted by molar-refractivity contribution is 0.680. The molecule has 0 bridgehead atoms. The standard InChI is InChI=1S/C15H23N5/c1-3-10(2)13-9-15(18-12-5-4-11(16)8-12)20-14(19-13)6-7-17-20/h6-7,9-12,18H,3-5,8,16H2,1-2H3. The number of anilines is 1. The van der Waals surface area contributed by atoms with E-state index in [9.17, 15) is 0 Å². The number of nitrogens with zero attached hydrogens (tertiary/aromatic N) is 3. The van der Waals surface area contributed by atoms with Gasteiger partial charge in [0, 0.05) is 29.9 Å². The summed E-state index contributed by atoms with van der Waals surface area (Å²) in [4.78, 5) is 4.69. The summed E-state index contributed by atoms with van der Waals surface area (Å²) in [6.45, 7) is 4.40. The van der Waals surface area contributed by atoms with E-state index in [1.54, 1.807) is 6.20 Å². The molecule has 1 fully saturated rings. The van der Waals surface area contributed by atoms with Crippen LogP contribution in [0.3, 0.4) is 0 Å². The van der Waals surface area contributed by atoms with Gasteiger partial charge < -0.3 is 11.1 Å². The van der Waals surface area contributed by atoms with Crippen LogP contribution in [-0.2, 0) is 0 Å². The second kappa shape index (κ2) is 5.40. The fourth-order valence-electron chi connectivity index (χ4n) is 2.85. The second-order valence-corrected chi connectivity index (χ2v) is 5.89. The molecule has 3 N–H and O–H groups in total. The SMILES string of the molecule is CCC(C)c1cc(NC2CCC(N)C2)n2nccc2n1. The molecular formula is C15H23N5. The van der Waals surface area contributed by atoms with Gasteiger partial charge in [-0.05, 0) is 31.6 Å². The predicted molar refractivity (Wildman–Crippen MR) is 80.9 cm³/mol. The summed E-state index contributed by atoms with van der Waals surface area (Å²) < 4.78 is 1.88. The van der Waals surface area contributed by atoms with Crippen molar-refractivity contribution in [3.05, 3.63) is 24.0 Å². The average molecular weight is 273 g/mol. The van der Waals surface area contributed by atoms with Gasteiger partial charge in [-0.3, -0.25) is 0 Å². The van der Waals surface area contributed by atoms with Crippen LogP contribution in [0.1, 0.15) is 51.1 Å². The van der Waals surface area contributed by atoms with Gasteiger partial charge in [-0.15, -0.1) is 0 Å². The van der Waals surface area contributed by atoms with Crippen LogP contribution in [0.2, 0.25) is 0 Å². The third-order valence-corrected chi connectivity index (χ3v) is 4.32. The van der Waals surface area contributed by atoms with E-state index in [2.05, 4.69) is 30.3 Å². The quantitative estimate of drug-likeness (QED) is 0.898. The zero-order valence-electron chi connectivity index (χ0n) is 12.2. The lowest BCUT2D eigenvalue weighted by Crippen LogP contribution is -2.22. The van der Waals surface area contributed by atoms with E-state index in [0.29, 0.717) is 18.0 Å². The molecule has 3 rings (SSSR count). The normalized spacial score (nSPS) is 24.1. The maximum absolute atomic E-state index is 6.00. The predicted octanol–water partition coefficient (Wildman–Crippen LogP) is 2.53. The topological polar surface area (TPSA) is 68.2 Å². The summed E-state index contributed by atoms with van der Waals surface area (Å²) in [7, 11) is 0. The highest BCUT2D eigenvalue weighted by atomic mass is 15.3. The number of hydrogen-bond donors (Lipinski definition) is 2. The van der Waals surface area contributed by atoms with Crippen molar-refractivity contribution >= 4 is 11.5 Å². The van der Waals surface area contributed by atoms with Gasteiger partial charge >= 0.3 is 0 Å². The van der Waals surface area contributed by atoms with E-state index in [1.807, 2.05) is 10.6 Å². The number of nitrogens with two attached hydrogens (primary N) is 1. The Bertz CT molecular complexity index is 591. The summed E-state index contributed by atoms with van der Waals surface area (Å²) >= 11 is 0. The maximum Gasteiger partial charge on any atom is 0.157 e. The largest absolute Gasteiger partial charge is 0.367 e. The Hall–Kier alpha value is -1.62. The molecule has 0 aromatic carbocycles. The van der Waals surface area contributed by atoms with Crippen molar-refractivity contribution < 1.29 is 0 Å². The molecule has 2 heterocycles. The zero-order valence-corrected chi connectivity index (χ0v) is 12.2. The second-order valence-electron chi connectivity index (χ2n) is 5.89. The first kappa shape index (κ1) is 13.4. The van der Waals surface area contributed by atoms with Gasteiger partial charge in [0.05, 0.1) is 6.20 Å². The molecular weight excluding hydrogens is 250 g/mol. The van der Waals surface area contributed by atoms with Crippen molar-refractivity contribution in [1.82, 2.24) is 14.6 Å². The molecule has 0 amide bonds. The molecule has 3 unspecified atom stereocenters. The van der Waals surface area contributed by atoms with E-state index in [1.165, 1.54) is 0 Å². The first-order chi connectivity index (χ1) is 9.67. The van der Waals surface area contributed by atoms with Crippen molar-refractivity contribution in [2.75, 3.05) is 5.32 Å².